The van der Waals surface area contributed by atoms with Crippen LogP contribution in [-0.2, 0) is 9.53 Å². The van der Waals surface area contributed by atoms with E-state index in [1.54, 1.807) is 30.3 Å². The Morgan fingerprint density at radius 3 is 2.53 bits per heavy atom. The topological polar surface area (TPSA) is 93.2 Å². The van der Waals surface area contributed by atoms with E-state index in [9.17, 15) is 9.59 Å². The highest BCUT2D eigenvalue weighted by Crippen LogP contribution is 2.08. The van der Waals surface area contributed by atoms with E-state index in [4.69, 9.17) is 15.7 Å². The van der Waals surface area contributed by atoms with E-state index in [0.29, 0.717) is 5.56 Å². The lowest BCUT2D eigenvalue weighted by molar-refractivity contribution is -0.119. The molecule has 0 aliphatic rings. The minimum atomic E-state index is -0.787. The van der Waals surface area contributed by atoms with Crippen LogP contribution in [0.1, 0.15) is 23.2 Å². The Bertz CT molecular complexity index is 437. The molecule has 0 aliphatic carbocycles. The van der Waals surface area contributed by atoms with Gasteiger partial charge in [-0.05, 0) is 12.1 Å². The van der Waals surface area contributed by atoms with Gasteiger partial charge in [0.2, 0.25) is 5.91 Å². The number of primary amides is 1. The van der Waals surface area contributed by atoms with Gasteiger partial charge in [0.15, 0.2) is 0 Å². The number of hydrogen-bond acceptors (Lipinski definition) is 4. The van der Waals surface area contributed by atoms with E-state index in [2.05, 4.69) is 0 Å². The molecule has 1 aromatic carbocycles. The van der Waals surface area contributed by atoms with Crippen molar-refractivity contribution in [1.29, 1.82) is 5.26 Å². The predicted octanol–water partition coefficient (Wildman–Crippen LogP) is 1.00. The van der Waals surface area contributed by atoms with Gasteiger partial charge in [0.25, 0.3) is 0 Å². The summed E-state index contributed by atoms with van der Waals surface area (Å²) in [4.78, 5) is 22.4. The minimum Gasteiger partial charge on any atom is -0.457 e. The second-order valence-corrected chi connectivity index (χ2v) is 3.43. The molecule has 1 rings (SSSR count). The number of rotatable bonds is 5. The standard InChI is InChI=1S/C12H12N2O3/c13-7-6-10(8-11(14)15)17-12(16)9-4-2-1-3-5-9/h1-5,10H,6,8H2,(H2,14,15). The first-order chi connectivity index (χ1) is 8.13. The van der Waals surface area contributed by atoms with Gasteiger partial charge in [-0.2, -0.15) is 5.26 Å². The number of nitrogens with zero attached hydrogens (tertiary/aromatic N) is 1. The Kier molecular flexibility index (Phi) is 4.70. The van der Waals surface area contributed by atoms with Gasteiger partial charge in [0, 0.05) is 0 Å². The van der Waals surface area contributed by atoms with Crippen molar-refractivity contribution in [3.05, 3.63) is 35.9 Å². The average molecular weight is 232 g/mol. The molecule has 88 valence electrons. The van der Waals surface area contributed by atoms with Gasteiger partial charge in [-0.15, -0.1) is 0 Å². The Morgan fingerprint density at radius 2 is 2.00 bits per heavy atom. The normalized spacial score (nSPS) is 11.2. The van der Waals surface area contributed by atoms with Gasteiger partial charge < -0.3 is 10.5 Å². The average Bonchev–Trinajstić information content (AvgIpc) is 2.29. The van der Waals surface area contributed by atoms with Crippen molar-refractivity contribution in [2.45, 2.75) is 18.9 Å². The summed E-state index contributed by atoms with van der Waals surface area (Å²) in [5.74, 6) is -1.17. The monoisotopic (exact) mass is 232 g/mol. The van der Waals surface area contributed by atoms with Crippen LogP contribution in [-0.4, -0.2) is 18.0 Å². The highest BCUT2D eigenvalue weighted by molar-refractivity contribution is 5.89. The Labute approximate surface area is 98.8 Å². The Balaban J connectivity index is 2.65. The number of esters is 1. The van der Waals surface area contributed by atoms with Gasteiger partial charge in [-0.1, -0.05) is 18.2 Å². The van der Waals surface area contributed by atoms with Crippen molar-refractivity contribution in [3.63, 3.8) is 0 Å². The highest BCUT2D eigenvalue weighted by Gasteiger charge is 2.17. The van der Waals surface area contributed by atoms with E-state index in [0.717, 1.165) is 0 Å². The number of carbonyl (C=O) groups excluding carboxylic acids is 2. The summed E-state index contributed by atoms with van der Waals surface area (Å²) < 4.78 is 5.03. The van der Waals surface area contributed by atoms with Crippen LogP contribution in [0, 0.1) is 11.3 Å². The summed E-state index contributed by atoms with van der Waals surface area (Å²) in [5, 5.41) is 8.54. The first kappa shape index (κ1) is 12.7. The van der Waals surface area contributed by atoms with Gasteiger partial charge in [-0.3, -0.25) is 4.79 Å². The van der Waals surface area contributed by atoms with Gasteiger partial charge in [-0.25, -0.2) is 4.79 Å². The molecule has 0 saturated carbocycles. The van der Waals surface area contributed by atoms with Crippen LogP contribution in [0.4, 0.5) is 0 Å². The smallest absolute Gasteiger partial charge is 0.338 e. The molecular formula is C12H12N2O3. The van der Waals surface area contributed by atoms with Gasteiger partial charge in [0.05, 0.1) is 24.5 Å². The molecule has 1 atom stereocenters. The first-order valence-electron chi connectivity index (χ1n) is 5.04. The molecular weight excluding hydrogens is 220 g/mol. The van der Waals surface area contributed by atoms with Crippen LogP contribution in [0.25, 0.3) is 0 Å². The number of nitrogens with two attached hydrogens (primary N) is 1. The third-order valence-corrected chi connectivity index (χ3v) is 2.03. The van der Waals surface area contributed by atoms with Crippen LogP contribution < -0.4 is 5.73 Å². The minimum absolute atomic E-state index is 0.0541. The lowest BCUT2D eigenvalue weighted by atomic mass is 10.2. The molecule has 17 heavy (non-hydrogen) atoms. The van der Waals surface area contributed by atoms with E-state index >= 15 is 0 Å². The van der Waals surface area contributed by atoms with Crippen LogP contribution in [0.15, 0.2) is 30.3 Å². The predicted molar refractivity (Wildman–Crippen MR) is 59.7 cm³/mol. The fourth-order valence-corrected chi connectivity index (χ4v) is 1.28. The SMILES string of the molecule is N#CCC(CC(N)=O)OC(=O)c1ccccc1. The third kappa shape index (κ3) is 4.34. The van der Waals surface area contributed by atoms with Crippen LogP contribution in [0.3, 0.4) is 0 Å². The number of amides is 1. The van der Waals surface area contributed by atoms with Crippen LogP contribution >= 0.6 is 0 Å². The molecule has 0 radical (unpaired) electrons. The molecule has 5 heteroatoms. The zero-order valence-corrected chi connectivity index (χ0v) is 9.13. The van der Waals surface area contributed by atoms with Crippen molar-refractivity contribution in [2.75, 3.05) is 0 Å². The van der Waals surface area contributed by atoms with E-state index in [1.165, 1.54) is 0 Å². The first-order valence-corrected chi connectivity index (χ1v) is 5.04. The van der Waals surface area contributed by atoms with Crippen LogP contribution in [0.2, 0.25) is 0 Å². The zero-order valence-electron chi connectivity index (χ0n) is 9.13. The summed E-state index contributed by atoms with van der Waals surface area (Å²) in [5.41, 5.74) is 5.37. The summed E-state index contributed by atoms with van der Waals surface area (Å²) in [7, 11) is 0. The van der Waals surface area contributed by atoms with Crippen LogP contribution in [0.5, 0.6) is 0 Å². The fourth-order valence-electron chi connectivity index (χ4n) is 1.28. The number of ether oxygens (including phenoxy) is 1. The summed E-state index contributed by atoms with van der Waals surface area (Å²) in [6.07, 6.45) is -0.988. The molecule has 0 fully saturated rings. The molecule has 0 bridgehead atoms. The molecule has 0 saturated heterocycles. The number of nitriles is 1. The molecule has 0 spiro atoms. The molecule has 0 aromatic heterocycles. The quantitative estimate of drug-likeness (QED) is 0.766. The summed E-state index contributed by atoms with van der Waals surface area (Å²) >= 11 is 0. The van der Waals surface area contributed by atoms with E-state index in [1.807, 2.05) is 6.07 Å². The molecule has 2 N–H and O–H groups in total. The number of benzene rings is 1. The largest absolute Gasteiger partial charge is 0.457 e. The lowest BCUT2D eigenvalue weighted by Gasteiger charge is -2.13. The van der Waals surface area contributed by atoms with E-state index < -0.39 is 18.0 Å². The van der Waals surface area contributed by atoms with Crippen molar-refractivity contribution in [1.82, 2.24) is 0 Å². The van der Waals surface area contributed by atoms with Crippen molar-refractivity contribution in [2.24, 2.45) is 5.73 Å². The molecule has 1 unspecified atom stereocenters. The summed E-state index contributed by atoms with van der Waals surface area (Å²) in [6.45, 7) is 0. The number of carbonyl (C=O) groups is 2. The fraction of sp³-hybridized carbons (Fsp3) is 0.250. The molecule has 1 amide bonds. The maximum absolute atomic E-state index is 11.6. The molecule has 0 heterocycles. The Hall–Kier alpha value is -2.35. The molecule has 5 nitrogen and oxygen atoms in total. The van der Waals surface area contributed by atoms with E-state index in [-0.39, 0.29) is 12.8 Å². The second kappa shape index (κ2) is 6.28. The highest BCUT2D eigenvalue weighted by atomic mass is 16.5. The Morgan fingerprint density at radius 1 is 1.35 bits per heavy atom. The van der Waals surface area contributed by atoms with Crippen molar-refractivity contribution in [3.8, 4) is 6.07 Å². The van der Waals surface area contributed by atoms with Crippen molar-refractivity contribution < 1.29 is 14.3 Å². The van der Waals surface area contributed by atoms with Gasteiger partial charge in [0.1, 0.15) is 6.10 Å². The molecule has 0 aliphatic heterocycles. The molecule has 1 aromatic rings. The van der Waals surface area contributed by atoms with Crippen molar-refractivity contribution >= 4 is 11.9 Å². The third-order valence-electron chi connectivity index (χ3n) is 2.03. The zero-order chi connectivity index (χ0) is 12.7. The number of hydrogen-bond donors (Lipinski definition) is 1. The second-order valence-electron chi connectivity index (χ2n) is 3.43. The maximum Gasteiger partial charge on any atom is 0.338 e. The lowest BCUT2D eigenvalue weighted by Crippen LogP contribution is -2.25. The maximum atomic E-state index is 11.6. The summed E-state index contributed by atoms with van der Waals surface area (Å²) in [6, 6.07) is 10.2. The van der Waals surface area contributed by atoms with Gasteiger partial charge >= 0.3 is 5.97 Å².